The van der Waals surface area contributed by atoms with Crippen molar-refractivity contribution in [2.75, 3.05) is 6.54 Å². The van der Waals surface area contributed by atoms with Crippen LogP contribution in [-0.4, -0.2) is 30.5 Å². The molecule has 1 heterocycles. The minimum atomic E-state index is 0.199. The first-order chi connectivity index (χ1) is 10.5. The van der Waals surface area contributed by atoms with Crippen molar-refractivity contribution in [1.29, 1.82) is 0 Å². The number of unbranched alkanes of at least 4 members (excludes halogenated alkanes) is 1. The Bertz CT molecular complexity index is 406. The number of hydrogen-bond acceptors (Lipinski definition) is 2. The van der Waals surface area contributed by atoms with Crippen LogP contribution in [0.2, 0.25) is 0 Å². The molecule has 5 atom stereocenters. The topological polar surface area (TPSA) is 45.7 Å². The molecule has 3 aliphatic rings. The highest BCUT2D eigenvalue weighted by molar-refractivity contribution is 5.84. The molecule has 0 bridgehead atoms. The number of hydrogen-bond donors (Lipinski definition) is 2. The van der Waals surface area contributed by atoms with E-state index in [1.165, 1.54) is 44.9 Å². The normalized spacial score (nSPS) is 40.9. The first-order valence-electron chi connectivity index (χ1n) is 9.63. The zero-order valence-corrected chi connectivity index (χ0v) is 14.7. The summed E-state index contributed by atoms with van der Waals surface area (Å²) in [7, 11) is 0. The van der Waals surface area contributed by atoms with Crippen LogP contribution >= 0.6 is 0 Å². The molecule has 22 heavy (non-hydrogen) atoms. The van der Waals surface area contributed by atoms with Crippen molar-refractivity contribution in [3.8, 4) is 0 Å². The Morgan fingerprint density at radius 2 is 2.00 bits per heavy atom. The predicted molar refractivity (Wildman–Crippen MR) is 89.7 cm³/mol. The summed E-state index contributed by atoms with van der Waals surface area (Å²) < 4.78 is 0. The van der Waals surface area contributed by atoms with Gasteiger partial charge in [0.25, 0.3) is 0 Å². The van der Waals surface area contributed by atoms with E-state index >= 15 is 0 Å². The quantitative estimate of drug-likeness (QED) is 0.783. The Labute approximate surface area is 136 Å². The average molecular weight is 308 g/mol. The minimum absolute atomic E-state index is 0.199. The van der Waals surface area contributed by atoms with Crippen molar-refractivity contribution in [2.45, 2.75) is 90.3 Å². The third kappa shape index (κ3) is 3.26. The number of nitrogens with two attached hydrogens (primary N) is 1. The molecule has 1 aliphatic heterocycles. The van der Waals surface area contributed by atoms with Crippen LogP contribution in [0, 0.1) is 17.3 Å². The summed E-state index contributed by atoms with van der Waals surface area (Å²) in [4.78, 5) is 12.9. The van der Waals surface area contributed by atoms with E-state index in [0.717, 1.165) is 24.9 Å². The zero-order chi connectivity index (χ0) is 15.7. The van der Waals surface area contributed by atoms with Gasteiger partial charge in [-0.3, -0.25) is 4.79 Å². The second-order valence-electron chi connectivity index (χ2n) is 8.84. The molecule has 126 valence electrons. The molecule has 0 spiro atoms. The number of fused-ring (bicyclic) bond motifs is 2. The van der Waals surface area contributed by atoms with Crippen LogP contribution in [0.4, 0.5) is 0 Å². The van der Waals surface area contributed by atoms with Crippen molar-refractivity contribution in [2.24, 2.45) is 17.3 Å². The highest BCUT2D eigenvalue weighted by atomic mass is 16.1. The molecule has 5 unspecified atom stereocenters. The van der Waals surface area contributed by atoms with Crippen LogP contribution in [0.5, 0.6) is 0 Å². The molecule has 3 rings (SSSR count). The molecular formula is C19H35N2O+. The number of piperidine rings is 1. The van der Waals surface area contributed by atoms with Crippen molar-refractivity contribution in [1.82, 2.24) is 5.32 Å². The zero-order valence-electron chi connectivity index (χ0n) is 14.7. The first-order valence-corrected chi connectivity index (χ1v) is 9.63. The lowest BCUT2D eigenvalue weighted by atomic mass is 9.61. The number of quaternary nitrogens is 1. The van der Waals surface area contributed by atoms with Crippen LogP contribution < -0.4 is 10.6 Å². The van der Waals surface area contributed by atoms with Gasteiger partial charge in [-0.25, -0.2) is 0 Å². The maximum absolute atomic E-state index is 12.9. The maximum Gasteiger partial charge on any atom is 0.144 e. The number of Topliss-reactive ketones (excluding diaryl/α,β-unsaturated/α-hetero) is 1. The van der Waals surface area contributed by atoms with Gasteiger partial charge >= 0.3 is 0 Å². The fourth-order valence-corrected chi connectivity index (χ4v) is 5.50. The molecule has 0 aromatic carbocycles. The second-order valence-corrected chi connectivity index (χ2v) is 8.84. The van der Waals surface area contributed by atoms with E-state index in [0.29, 0.717) is 17.9 Å². The van der Waals surface area contributed by atoms with E-state index in [4.69, 9.17) is 0 Å². The number of rotatable bonds is 4. The number of carbonyl (C=O) groups is 1. The highest BCUT2D eigenvalue weighted by Crippen LogP contribution is 2.41. The maximum atomic E-state index is 12.9. The standard InChI is InChI=1S/C19H34N2O/c1-4-5-10-20-18-13-8-6-7-9-14(13)21-15-11-19(2,3)12-16(22)17(15)18/h13-15,17-18,20-21H,4-12H2,1-3H3/p+1. The molecule has 3 nitrogen and oxygen atoms in total. The molecule has 3 N–H and O–H groups in total. The van der Waals surface area contributed by atoms with Gasteiger partial charge in [0.05, 0.1) is 18.0 Å². The number of ketones is 1. The van der Waals surface area contributed by atoms with Crippen LogP contribution in [0.25, 0.3) is 0 Å². The molecule has 1 saturated heterocycles. The summed E-state index contributed by atoms with van der Waals surface area (Å²) in [6, 6.07) is 1.74. The van der Waals surface area contributed by atoms with E-state index < -0.39 is 0 Å². The lowest BCUT2D eigenvalue weighted by Crippen LogP contribution is -3.02. The van der Waals surface area contributed by atoms with Gasteiger partial charge in [-0.2, -0.15) is 0 Å². The Hall–Kier alpha value is -0.410. The molecule has 3 heteroatoms. The van der Waals surface area contributed by atoms with Gasteiger partial charge in [0, 0.05) is 24.8 Å². The summed E-state index contributed by atoms with van der Waals surface area (Å²) in [5.74, 6) is 1.52. The van der Waals surface area contributed by atoms with E-state index in [1.807, 2.05) is 0 Å². The van der Waals surface area contributed by atoms with Crippen molar-refractivity contribution in [3.63, 3.8) is 0 Å². The van der Waals surface area contributed by atoms with E-state index in [1.54, 1.807) is 0 Å². The second kappa shape index (κ2) is 6.60. The summed E-state index contributed by atoms with van der Waals surface area (Å²) in [6.45, 7) is 7.89. The summed E-state index contributed by atoms with van der Waals surface area (Å²) in [5.41, 5.74) is 0.199. The molecule has 3 fully saturated rings. The minimum Gasteiger partial charge on any atom is -0.340 e. The molecule has 0 radical (unpaired) electrons. The van der Waals surface area contributed by atoms with Crippen LogP contribution in [-0.2, 0) is 4.79 Å². The Balaban J connectivity index is 1.80. The van der Waals surface area contributed by atoms with Gasteiger partial charge in [0.1, 0.15) is 5.78 Å². The molecule has 2 aliphatic carbocycles. The Morgan fingerprint density at radius 3 is 2.77 bits per heavy atom. The molecule has 0 aromatic rings. The van der Waals surface area contributed by atoms with Gasteiger partial charge in [-0.1, -0.05) is 33.6 Å². The average Bonchev–Trinajstić information content (AvgIpc) is 2.45. The van der Waals surface area contributed by atoms with Crippen molar-refractivity contribution in [3.05, 3.63) is 0 Å². The van der Waals surface area contributed by atoms with Gasteiger partial charge in [0.2, 0.25) is 0 Å². The third-order valence-corrected chi connectivity index (χ3v) is 6.40. The van der Waals surface area contributed by atoms with Gasteiger partial charge in [0.15, 0.2) is 0 Å². The summed E-state index contributed by atoms with van der Waals surface area (Å²) >= 11 is 0. The van der Waals surface area contributed by atoms with E-state index in [-0.39, 0.29) is 11.3 Å². The number of nitrogens with one attached hydrogen (secondary N) is 1. The van der Waals surface area contributed by atoms with Crippen molar-refractivity contribution >= 4 is 5.78 Å². The van der Waals surface area contributed by atoms with E-state index in [2.05, 4.69) is 31.4 Å². The molecule has 0 amide bonds. The van der Waals surface area contributed by atoms with Crippen molar-refractivity contribution < 1.29 is 10.1 Å². The third-order valence-electron chi connectivity index (χ3n) is 6.40. The summed E-state index contributed by atoms with van der Waals surface area (Å²) in [5, 5.41) is 6.45. The van der Waals surface area contributed by atoms with Gasteiger partial charge in [-0.05, 0) is 37.6 Å². The molecular weight excluding hydrogens is 272 g/mol. The lowest BCUT2D eigenvalue weighted by molar-refractivity contribution is -0.747. The Morgan fingerprint density at radius 1 is 1.23 bits per heavy atom. The number of carbonyl (C=O) groups excluding carboxylic acids is 1. The van der Waals surface area contributed by atoms with Crippen LogP contribution in [0.3, 0.4) is 0 Å². The molecule has 2 saturated carbocycles. The van der Waals surface area contributed by atoms with E-state index in [9.17, 15) is 4.79 Å². The predicted octanol–water partition coefficient (Wildman–Crippen LogP) is 2.25. The summed E-state index contributed by atoms with van der Waals surface area (Å²) in [6.07, 6.45) is 9.87. The van der Waals surface area contributed by atoms with Gasteiger partial charge in [-0.15, -0.1) is 0 Å². The lowest BCUT2D eigenvalue weighted by Gasteiger charge is -2.51. The Kier molecular flexibility index (Phi) is 4.94. The fourth-order valence-electron chi connectivity index (χ4n) is 5.50. The van der Waals surface area contributed by atoms with Crippen LogP contribution in [0.1, 0.15) is 72.1 Å². The smallest absolute Gasteiger partial charge is 0.144 e. The fraction of sp³-hybridized carbons (Fsp3) is 0.947. The highest BCUT2D eigenvalue weighted by Gasteiger charge is 2.54. The van der Waals surface area contributed by atoms with Crippen LogP contribution in [0.15, 0.2) is 0 Å². The SMILES string of the molecule is CCCCNC1C2CCCCC2[NH2+]C2CC(C)(C)CC(=O)C21. The van der Waals surface area contributed by atoms with Gasteiger partial charge < -0.3 is 10.6 Å². The molecule has 0 aromatic heterocycles. The largest absolute Gasteiger partial charge is 0.340 e. The monoisotopic (exact) mass is 307 g/mol. The first kappa shape index (κ1) is 16.4.